The van der Waals surface area contributed by atoms with Gasteiger partial charge in [-0.25, -0.2) is 8.42 Å². The molecule has 16 heavy (non-hydrogen) atoms. The van der Waals surface area contributed by atoms with Gasteiger partial charge in [-0.05, 0) is 25.0 Å². The first-order valence-electron chi connectivity index (χ1n) is 5.89. The van der Waals surface area contributed by atoms with Crippen LogP contribution in [-0.2, 0) is 14.6 Å². The summed E-state index contributed by atoms with van der Waals surface area (Å²) in [5, 5.41) is 3.35. The van der Waals surface area contributed by atoms with Gasteiger partial charge in [0.1, 0.15) is 5.76 Å². The summed E-state index contributed by atoms with van der Waals surface area (Å²) < 4.78 is 28.5. The highest BCUT2D eigenvalue weighted by atomic mass is 32.2. The lowest BCUT2D eigenvalue weighted by Crippen LogP contribution is -2.38. The van der Waals surface area contributed by atoms with Gasteiger partial charge in [-0.3, -0.25) is 0 Å². The van der Waals surface area contributed by atoms with Gasteiger partial charge in [-0.1, -0.05) is 6.92 Å². The highest BCUT2D eigenvalue weighted by Gasteiger charge is 2.36. The predicted octanol–water partition coefficient (Wildman–Crippen LogP) is 0.703. The van der Waals surface area contributed by atoms with Crippen LogP contribution in [0.25, 0.3) is 0 Å². The van der Waals surface area contributed by atoms with Crippen LogP contribution in [0.5, 0.6) is 0 Å². The number of rotatable bonds is 4. The fourth-order valence-electron chi connectivity index (χ4n) is 2.46. The van der Waals surface area contributed by atoms with Crippen LogP contribution in [0.15, 0.2) is 11.8 Å². The van der Waals surface area contributed by atoms with Gasteiger partial charge in [0, 0.05) is 6.42 Å². The number of sulfone groups is 1. The van der Waals surface area contributed by atoms with Crippen LogP contribution >= 0.6 is 0 Å². The van der Waals surface area contributed by atoms with E-state index >= 15 is 0 Å². The fourth-order valence-corrected chi connectivity index (χ4v) is 4.30. The molecule has 0 spiro atoms. The first-order chi connectivity index (χ1) is 7.62. The summed E-state index contributed by atoms with van der Waals surface area (Å²) in [6, 6.07) is 0.0878. The molecule has 2 atom stereocenters. The standard InChI is InChI=1S/C11H19NO3S/c1-2-12-11(10-4-3-6-15-10)9-5-7-16(13,14)8-9/h4,9,11-12H,2-3,5-8H2,1H3. The minimum atomic E-state index is -2.81. The van der Waals surface area contributed by atoms with E-state index in [1.807, 2.05) is 6.92 Å². The zero-order valence-electron chi connectivity index (χ0n) is 9.61. The first-order valence-corrected chi connectivity index (χ1v) is 7.71. The normalized spacial score (nSPS) is 29.8. The van der Waals surface area contributed by atoms with Crippen molar-refractivity contribution in [1.29, 1.82) is 0 Å². The maximum absolute atomic E-state index is 11.5. The Labute approximate surface area is 97.0 Å². The molecule has 5 heteroatoms. The molecule has 0 saturated carbocycles. The fraction of sp³-hybridized carbons (Fsp3) is 0.818. The zero-order valence-corrected chi connectivity index (χ0v) is 10.4. The Hall–Kier alpha value is -0.550. The van der Waals surface area contributed by atoms with E-state index in [0.29, 0.717) is 11.5 Å². The Morgan fingerprint density at radius 2 is 2.44 bits per heavy atom. The van der Waals surface area contributed by atoms with Gasteiger partial charge in [0.05, 0.1) is 24.2 Å². The van der Waals surface area contributed by atoms with Gasteiger partial charge in [0.15, 0.2) is 9.84 Å². The molecule has 2 aliphatic rings. The highest BCUT2D eigenvalue weighted by molar-refractivity contribution is 7.91. The van der Waals surface area contributed by atoms with Crippen LogP contribution in [0.1, 0.15) is 19.8 Å². The molecule has 0 aliphatic carbocycles. The largest absolute Gasteiger partial charge is 0.496 e. The molecule has 1 N–H and O–H groups in total. The molecular formula is C11H19NO3S. The van der Waals surface area contributed by atoms with E-state index in [0.717, 1.165) is 31.8 Å². The quantitative estimate of drug-likeness (QED) is 0.792. The zero-order chi connectivity index (χ0) is 11.6. The van der Waals surface area contributed by atoms with E-state index in [2.05, 4.69) is 11.4 Å². The summed E-state index contributed by atoms with van der Waals surface area (Å²) in [4.78, 5) is 0. The van der Waals surface area contributed by atoms with Crippen molar-refractivity contribution in [1.82, 2.24) is 5.32 Å². The summed E-state index contributed by atoms with van der Waals surface area (Å²) in [5.41, 5.74) is 0. The molecule has 0 bridgehead atoms. The van der Waals surface area contributed by atoms with E-state index in [1.165, 1.54) is 0 Å². The molecule has 0 aromatic heterocycles. The number of hydrogen-bond acceptors (Lipinski definition) is 4. The molecule has 0 radical (unpaired) electrons. The molecule has 0 amide bonds. The third-order valence-electron chi connectivity index (χ3n) is 3.20. The molecule has 2 heterocycles. The van der Waals surface area contributed by atoms with Crippen LogP contribution in [0, 0.1) is 5.92 Å². The Bertz CT molecular complexity index is 375. The molecule has 0 aromatic carbocycles. The molecule has 1 fully saturated rings. The number of likely N-dealkylation sites (N-methyl/N-ethyl adjacent to an activating group) is 1. The molecule has 4 nitrogen and oxygen atoms in total. The SMILES string of the molecule is CCNC(C1=CCCO1)C1CCS(=O)(=O)C1. The molecule has 92 valence electrons. The van der Waals surface area contributed by atoms with Crippen molar-refractivity contribution in [2.24, 2.45) is 5.92 Å². The van der Waals surface area contributed by atoms with Crippen molar-refractivity contribution in [3.8, 4) is 0 Å². The monoisotopic (exact) mass is 245 g/mol. The molecule has 2 aliphatic heterocycles. The third kappa shape index (κ3) is 2.58. The average molecular weight is 245 g/mol. The minimum Gasteiger partial charge on any atom is -0.496 e. The van der Waals surface area contributed by atoms with E-state index in [9.17, 15) is 8.42 Å². The van der Waals surface area contributed by atoms with E-state index < -0.39 is 9.84 Å². The second-order valence-corrected chi connectivity index (χ2v) is 6.67. The van der Waals surface area contributed by atoms with Crippen molar-refractivity contribution in [3.63, 3.8) is 0 Å². The Balaban J connectivity index is 2.08. The molecule has 2 unspecified atom stereocenters. The Morgan fingerprint density at radius 1 is 1.62 bits per heavy atom. The van der Waals surface area contributed by atoms with Crippen molar-refractivity contribution >= 4 is 9.84 Å². The van der Waals surface area contributed by atoms with E-state index in [4.69, 9.17) is 4.74 Å². The lowest BCUT2D eigenvalue weighted by atomic mass is 9.97. The number of hydrogen-bond donors (Lipinski definition) is 1. The van der Waals surface area contributed by atoms with Crippen molar-refractivity contribution in [2.45, 2.75) is 25.8 Å². The third-order valence-corrected chi connectivity index (χ3v) is 5.00. The lowest BCUT2D eigenvalue weighted by Gasteiger charge is -2.24. The number of ether oxygens (including phenoxy) is 1. The van der Waals surface area contributed by atoms with Crippen LogP contribution in [-0.4, -0.2) is 39.1 Å². The Kier molecular flexibility index (Phi) is 3.54. The highest BCUT2D eigenvalue weighted by Crippen LogP contribution is 2.28. The van der Waals surface area contributed by atoms with Gasteiger partial charge in [0.2, 0.25) is 0 Å². The maximum Gasteiger partial charge on any atom is 0.150 e. The predicted molar refractivity (Wildman–Crippen MR) is 62.9 cm³/mol. The van der Waals surface area contributed by atoms with Crippen LogP contribution < -0.4 is 5.32 Å². The summed E-state index contributed by atoms with van der Waals surface area (Å²) in [5.74, 6) is 1.75. The number of nitrogens with one attached hydrogen (secondary N) is 1. The van der Waals surface area contributed by atoms with Crippen molar-refractivity contribution < 1.29 is 13.2 Å². The summed E-state index contributed by atoms with van der Waals surface area (Å²) in [7, 11) is -2.81. The van der Waals surface area contributed by atoms with Gasteiger partial charge < -0.3 is 10.1 Å². The van der Waals surface area contributed by atoms with Gasteiger partial charge in [0.25, 0.3) is 0 Å². The summed E-state index contributed by atoms with van der Waals surface area (Å²) in [6.45, 7) is 3.60. The van der Waals surface area contributed by atoms with Gasteiger partial charge >= 0.3 is 0 Å². The molecule has 2 rings (SSSR count). The van der Waals surface area contributed by atoms with Crippen LogP contribution in [0.3, 0.4) is 0 Å². The van der Waals surface area contributed by atoms with Crippen molar-refractivity contribution in [2.75, 3.05) is 24.7 Å². The second-order valence-electron chi connectivity index (χ2n) is 4.44. The average Bonchev–Trinajstić information content (AvgIpc) is 2.83. The molecular weight excluding hydrogens is 226 g/mol. The second kappa shape index (κ2) is 4.75. The van der Waals surface area contributed by atoms with Gasteiger partial charge in [-0.2, -0.15) is 0 Å². The van der Waals surface area contributed by atoms with Crippen molar-refractivity contribution in [3.05, 3.63) is 11.8 Å². The lowest BCUT2D eigenvalue weighted by molar-refractivity contribution is 0.198. The Morgan fingerprint density at radius 3 is 2.94 bits per heavy atom. The van der Waals surface area contributed by atoms with Gasteiger partial charge in [-0.15, -0.1) is 0 Å². The smallest absolute Gasteiger partial charge is 0.150 e. The topological polar surface area (TPSA) is 55.4 Å². The minimum absolute atomic E-state index is 0.0878. The molecule has 1 saturated heterocycles. The van der Waals surface area contributed by atoms with Crippen LogP contribution in [0.4, 0.5) is 0 Å². The summed E-state index contributed by atoms with van der Waals surface area (Å²) >= 11 is 0. The summed E-state index contributed by atoms with van der Waals surface area (Å²) in [6.07, 6.45) is 3.77. The van der Waals surface area contributed by atoms with E-state index in [-0.39, 0.29) is 12.0 Å². The first kappa shape index (κ1) is 11.9. The van der Waals surface area contributed by atoms with Crippen LogP contribution in [0.2, 0.25) is 0 Å². The van der Waals surface area contributed by atoms with E-state index in [1.54, 1.807) is 0 Å². The maximum atomic E-state index is 11.5. The molecule has 0 aromatic rings.